The molecule has 4 heteroatoms. The molecule has 0 spiro atoms. The van der Waals surface area contributed by atoms with Crippen LogP contribution in [0.1, 0.15) is 10.4 Å². The Kier molecular flexibility index (Phi) is 2.87. The molecular formula is C13H12O4. The number of hydrogen-bond donors (Lipinski definition) is 1. The first-order chi connectivity index (χ1) is 8.17. The van der Waals surface area contributed by atoms with E-state index in [9.17, 15) is 4.79 Å². The quantitative estimate of drug-likeness (QED) is 0.883. The van der Waals surface area contributed by atoms with E-state index in [0.29, 0.717) is 16.9 Å². The summed E-state index contributed by atoms with van der Waals surface area (Å²) in [6, 6.07) is 8.55. The minimum atomic E-state index is -0.956. The molecule has 1 N–H and O–H groups in total. The van der Waals surface area contributed by atoms with E-state index in [1.165, 1.54) is 7.11 Å². The average molecular weight is 232 g/mol. The molecule has 88 valence electrons. The maximum atomic E-state index is 11.1. The summed E-state index contributed by atoms with van der Waals surface area (Å²) in [5.41, 5.74) is 0.253. The van der Waals surface area contributed by atoms with Gasteiger partial charge in [-0.05, 0) is 23.6 Å². The molecule has 0 fully saturated rings. The summed E-state index contributed by atoms with van der Waals surface area (Å²) < 4.78 is 10.3. The topological polar surface area (TPSA) is 55.8 Å². The van der Waals surface area contributed by atoms with Gasteiger partial charge in [0, 0.05) is 5.39 Å². The van der Waals surface area contributed by atoms with Gasteiger partial charge in [0.1, 0.15) is 0 Å². The number of aromatic carboxylic acids is 1. The molecule has 2 aromatic rings. The average Bonchev–Trinajstić information content (AvgIpc) is 2.35. The number of hydrogen-bond acceptors (Lipinski definition) is 3. The van der Waals surface area contributed by atoms with Gasteiger partial charge in [-0.25, -0.2) is 4.79 Å². The van der Waals surface area contributed by atoms with E-state index >= 15 is 0 Å². The van der Waals surface area contributed by atoms with Gasteiger partial charge in [-0.2, -0.15) is 0 Å². The SMILES string of the molecule is COc1cc2cccc(C(=O)O)c2cc1OC. The van der Waals surface area contributed by atoms with Crippen LogP contribution in [-0.4, -0.2) is 25.3 Å². The van der Waals surface area contributed by atoms with Crippen molar-refractivity contribution in [3.8, 4) is 11.5 Å². The van der Waals surface area contributed by atoms with Gasteiger partial charge in [0.2, 0.25) is 0 Å². The molecule has 2 aromatic carbocycles. The van der Waals surface area contributed by atoms with Gasteiger partial charge in [-0.1, -0.05) is 12.1 Å². The summed E-state index contributed by atoms with van der Waals surface area (Å²) >= 11 is 0. The van der Waals surface area contributed by atoms with Crippen molar-refractivity contribution in [1.29, 1.82) is 0 Å². The number of carbonyl (C=O) groups is 1. The molecule has 0 radical (unpaired) electrons. The summed E-state index contributed by atoms with van der Waals surface area (Å²) in [5.74, 6) is 0.152. The molecule has 0 saturated heterocycles. The molecule has 0 aliphatic carbocycles. The van der Waals surface area contributed by atoms with Crippen molar-refractivity contribution < 1.29 is 19.4 Å². The molecule has 2 rings (SSSR count). The number of benzene rings is 2. The molecule has 0 heterocycles. The third-order valence-electron chi connectivity index (χ3n) is 2.61. The van der Waals surface area contributed by atoms with E-state index in [1.807, 2.05) is 6.07 Å². The van der Waals surface area contributed by atoms with Crippen molar-refractivity contribution in [1.82, 2.24) is 0 Å². The fourth-order valence-electron chi connectivity index (χ4n) is 1.79. The Morgan fingerprint density at radius 3 is 2.35 bits per heavy atom. The van der Waals surface area contributed by atoms with Gasteiger partial charge < -0.3 is 14.6 Å². The maximum absolute atomic E-state index is 11.1. The number of methoxy groups -OCH3 is 2. The van der Waals surface area contributed by atoms with Gasteiger partial charge in [0.15, 0.2) is 11.5 Å². The third-order valence-corrected chi connectivity index (χ3v) is 2.61. The van der Waals surface area contributed by atoms with Crippen molar-refractivity contribution in [2.24, 2.45) is 0 Å². The molecule has 0 aromatic heterocycles. The van der Waals surface area contributed by atoms with Crippen LogP contribution in [0, 0.1) is 0 Å². The smallest absolute Gasteiger partial charge is 0.336 e. The van der Waals surface area contributed by atoms with Crippen LogP contribution in [0.25, 0.3) is 10.8 Å². The first-order valence-electron chi connectivity index (χ1n) is 5.05. The fraction of sp³-hybridized carbons (Fsp3) is 0.154. The zero-order valence-corrected chi connectivity index (χ0v) is 9.56. The van der Waals surface area contributed by atoms with E-state index < -0.39 is 5.97 Å². The van der Waals surface area contributed by atoms with E-state index in [2.05, 4.69) is 0 Å². The molecule has 0 aliphatic heterocycles. The zero-order chi connectivity index (χ0) is 12.4. The highest BCUT2D eigenvalue weighted by atomic mass is 16.5. The summed E-state index contributed by atoms with van der Waals surface area (Å²) in [7, 11) is 3.07. The van der Waals surface area contributed by atoms with Crippen LogP contribution in [-0.2, 0) is 0 Å². The highest BCUT2D eigenvalue weighted by Crippen LogP contribution is 2.33. The third kappa shape index (κ3) is 1.89. The molecule has 17 heavy (non-hydrogen) atoms. The van der Waals surface area contributed by atoms with Gasteiger partial charge >= 0.3 is 5.97 Å². The molecule has 0 unspecified atom stereocenters. The summed E-state index contributed by atoms with van der Waals surface area (Å²) in [6.07, 6.45) is 0. The Morgan fingerprint density at radius 2 is 1.76 bits per heavy atom. The molecule has 0 saturated carbocycles. The van der Waals surface area contributed by atoms with Crippen molar-refractivity contribution in [2.75, 3.05) is 14.2 Å². The zero-order valence-electron chi connectivity index (χ0n) is 9.56. The predicted octanol–water partition coefficient (Wildman–Crippen LogP) is 2.56. The Labute approximate surface area is 98.4 Å². The van der Waals surface area contributed by atoms with E-state index in [-0.39, 0.29) is 5.56 Å². The second kappa shape index (κ2) is 4.33. The van der Waals surface area contributed by atoms with Crippen LogP contribution >= 0.6 is 0 Å². The minimum Gasteiger partial charge on any atom is -0.493 e. The lowest BCUT2D eigenvalue weighted by molar-refractivity contribution is 0.0699. The highest BCUT2D eigenvalue weighted by molar-refractivity contribution is 6.04. The lowest BCUT2D eigenvalue weighted by Gasteiger charge is -2.10. The fourth-order valence-corrected chi connectivity index (χ4v) is 1.79. The second-order valence-corrected chi connectivity index (χ2v) is 3.54. The highest BCUT2D eigenvalue weighted by Gasteiger charge is 2.12. The van der Waals surface area contributed by atoms with Crippen molar-refractivity contribution in [2.45, 2.75) is 0 Å². The summed E-state index contributed by atoms with van der Waals surface area (Å²) in [5, 5.41) is 10.5. The lowest BCUT2D eigenvalue weighted by atomic mass is 10.0. The van der Waals surface area contributed by atoms with Crippen LogP contribution in [0.3, 0.4) is 0 Å². The molecule has 4 nitrogen and oxygen atoms in total. The molecular weight excluding hydrogens is 220 g/mol. The predicted molar refractivity (Wildman–Crippen MR) is 64.0 cm³/mol. The first-order valence-corrected chi connectivity index (χ1v) is 5.05. The number of ether oxygens (including phenoxy) is 2. The van der Waals surface area contributed by atoms with E-state index in [0.717, 1.165) is 5.39 Å². The van der Waals surface area contributed by atoms with Crippen LogP contribution < -0.4 is 9.47 Å². The van der Waals surface area contributed by atoms with Gasteiger partial charge in [-0.3, -0.25) is 0 Å². The van der Waals surface area contributed by atoms with Gasteiger partial charge in [0.05, 0.1) is 19.8 Å². The van der Waals surface area contributed by atoms with Crippen LogP contribution in [0.4, 0.5) is 0 Å². The first kappa shape index (κ1) is 11.3. The molecule has 0 amide bonds. The van der Waals surface area contributed by atoms with Gasteiger partial charge in [-0.15, -0.1) is 0 Å². The summed E-state index contributed by atoms with van der Waals surface area (Å²) in [4.78, 5) is 11.1. The number of carboxylic acid groups (broad SMARTS) is 1. The molecule has 0 bridgehead atoms. The van der Waals surface area contributed by atoms with Crippen LogP contribution in [0.15, 0.2) is 30.3 Å². The molecule has 0 aliphatic rings. The van der Waals surface area contributed by atoms with Crippen LogP contribution in [0.5, 0.6) is 11.5 Å². The number of rotatable bonds is 3. The maximum Gasteiger partial charge on any atom is 0.336 e. The Balaban J connectivity index is 2.78. The lowest BCUT2D eigenvalue weighted by Crippen LogP contribution is -1.98. The van der Waals surface area contributed by atoms with E-state index in [4.69, 9.17) is 14.6 Å². The summed E-state index contributed by atoms with van der Waals surface area (Å²) in [6.45, 7) is 0. The Bertz CT molecular complexity index is 575. The monoisotopic (exact) mass is 232 g/mol. The number of fused-ring (bicyclic) bond motifs is 1. The van der Waals surface area contributed by atoms with Gasteiger partial charge in [0.25, 0.3) is 0 Å². The van der Waals surface area contributed by atoms with E-state index in [1.54, 1.807) is 31.4 Å². The van der Waals surface area contributed by atoms with Crippen molar-refractivity contribution >= 4 is 16.7 Å². The van der Waals surface area contributed by atoms with Crippen LogP contribution in [0.2, 0.25) is 0 Å². The standard InChI is InChI=1S/C13H12O4/c1-16-11-6-8-4-3-5-9(13(14)15)10(8)7-12(11)17-2/h3-7H,1-2H3,(H,14,15). The minimum absolute atomic E-state index is 0.253. The Morgan fingerprint density at radius 1 is 1.12 bits per heavy atom. The normalized spacial score (nSPS) is 10.2. The largest absolute Gasteiger partial charge is 0.493 e. The number of carboxylic acids is 1. The van der Waals surface area contributed by atoms with Crippen molar-refractivity contribution in [3.05, 3.63) is 35.9 Å². The molecule has 0 atom stereocenters. The second-order valence-electron chi connectivity index (χ2n) is 3.54. The van der Waals surface area contributed by atoms with Crippen molar-refractivity contribution in [3.63, 3.8) is 0 Å². The Hall–Kier alpha value is -2.23.